The van der Waals surface area contributed by atoms with E-state index in [0.29, 0.717) is 6.54 Å². The lowest BCUT2D eigenvalue weighted by Crippen LogP contribution is -2.41. The lowest BCUT2D eigenvalue weighted by Gasteiger charge is -2.21. The Labute approximate surface area is 85.4 Å². The molecule has 0 radical (unpaired) electrons. The van der Waals surface area contributed by atoms with E-state index in [9.17, 15) is 9.59 Å². The molecule has 1 amide bonds. The summed E-state index contributed by atoms with van der Waals surface area (Å²) in [6.07, 6.45) is 0.750. The number of ether oxygens (including phenoxy) is 1. The summed E-state index contributed by atoms with van der Waals surface area (Å²) >= 11 is 3.24. The van der Waals surface area contributed by atoms with E-state index in [0.717, 1.165) is 6.42 Å². The molecule has 0 spiro atoms. The minimum absolute atomic E-state index is 0.0297. The van der Waals surface area contributed by atoms with Crippen molar-refractivity contribution >= 4 is 27.8 Å². The van der Waals surface area contributed by atoms with Crippen LogP contribution in [0.3, 0.4) is 0 Å². The first-order valence-corrected chi connectivity index (χ1v) is 5.02. The molecule has 0 bridgehead atoms. The number of hydrogen-bond acceptors (Lipinski definition) is 3. The van der Waals surface area contributed by atoms with E-state index < -0.39 is 6.04 Å². The predicted molar refractivity (Wildman–Crippen MR) is 50.5 cm³/mol. The normalized spacial score (nSPS) is 24.7. The standard InChI is InChI=1S/C8H12BrNO3/c1-5(8(12)13-2)10-4-3-6(9)7(10)11/h5-6H,3-4H2,1-2H3. The molecule has 0 aromatic carbocycles. The van der Waals surface area contributed by atoms with Gasteiger partial charge >= 0.3 is 5.97 Å². The zero-order chi connectivity index (χ0) is 10.0. The Kier molecular flexibility index (Phi) is 3.30. The third-order valence-corrected chi connectivity index (χ3v) is 3.03. The van der Waals surface area contributed by atoms with E-state index in [1.54, 1.807) is 6.92 Å². The van der Waals surface area contributed by atoms with Gasteiger partial charge in [0.2, 0.25) is 5.91 Å². The molecule has 1 rings (SSSR count). The second-order valence-corrected chi connectivity index (χ2v) is 4.09. The highest BCUT2D eigenvalue weighted by Gasteiger charge is 2.35. The maximum absolute atomic E-state index is 11.4. The molecular formula is C8H12BrNO3. The van der Waals surface area contributed by atoms with Crippen molar-refractivity contribution in [1.82, 2.24) is 4.90 Å². The molecule has 5 heteroatoms. The van der Waals surface area contributed by atoms with Crippen molar-refractivity contribution in [1.29, 1.82) is 0 Å². The number of methoxy groups -OCH3 is 1. The van der Waals surface area contributed by atoms with Crippen LogP contribution < -0.4 is 0 Å². The molecule has 2 unspecified atom stereocenters. The quantitative estimate of drug-likeness (QED) is 0.531. The van der Waals surface area contributed by atoms with Gasteiger partial charge in [-0.1, -0.05) is 15.9 Å². The summed E-state index contributed by atoms with van der Waals surface area (Å²) in [7, 11) is 1.32. The Morgan fingerprint density at radius 3 is 2.77 bits per heavy atom. The van der Waals surface area contributed by atoms with E-state index in [4.69, 9.17) is 0 Å². The molecule has 0 N–H and O–H groups in total. The second-order valence-electron chi connectivity index (χ2n) is 2.99. The summed E-state index contributed by atoms with van der Waals surface area (Å²) in [4.78, 5) is 24.0. The number of esters is 1. The first kappa shape index (κ1) is 10.5. The molecule has 1 aliphatic rings. The summed E-state index contributed by atoms with van der Waals surface area (Å²) in [5.74, 6) is -0.396. The van der Waals surface area contributed by atoms with Crippen molar-refractivity contribution in [3.63, 3.8) is 0 Å². The monoisotopic (exact) mass is 249 g/mol. The van der Waals surface area contributed by atoms with Crippen molar-refractivity contribution in [3.8, 4) is 0 Å². The molecule has 1 fully saturated rings. The van der Waals surface area contributed by atoms with Gasteiger partial charge in [0.25, 0.3) is 0 Å². The van der Waals surface area contributed by atoms with Crippen molar-refractivity contribution in [2.75, 3.05) is 13.7 Å². The Morgan fingerprint density at radius 1 is 1.77 bits per heavy atom. The first-order valence-electron chi connectivity index (χ1n) is 4.10. The fourth-order valence-corrected chi connectivity index (χ4v) is 1.82. The van der Waals surface area contributed by atoms with Crippen LogP contribution in [0.2, 0.25) is 0 Å². The molecule has 2 atom stereocenters. The Morgan fingerprint density at radius 2 is 2.38 bits per heavy atom. The predicted octanol–water partition coefficient (Wildman–Crippen LogP) is 0.544. The molecule has 74 valence electrons. The number of halogens is 1. The van der Waals surface area contributed by atoms with Crippen LogP contribution in [-0.4, -0.2) is 41.3 Å². The molecule has 0 saturated carbocycles. The zero-order valence-corrected chi connectivity index (χ0v) is 9.20. The van der Waals surface area contributed by atoms with Crippen LogP contribution >= 0.6 is 15.9 Å². The van der Waals surface area contributed by atoms with Crippen molar-refractivity contribution < 1.29 is 14.3 Å². The molecule has 1 heterocycles. The fraction of sp³-hybridized carbons (Fsp3) is 0.750. The third-order valence-electron chi connectivity index (χ3n) is 2.18. The van der Waals surface area contributed by atoms with Crippen LogP contribution in [0, 0.1) is 0 Å². The molecule has 13 heavy (non-hydrogen) atoms. The third kappa shape index (κ3) is 2.02. The largest absolute Gasteiger partial charge is 0.467 e. The smallest absolute Gasteiger partial charge is 0.328 e. The van der Waals surface area contributed by atoms with Gasteiger partial charge in [0.1, 0.15) is 6.04 Å². The summed E-state index contributed by atoms with van der Waals surface area (Å²) in [5, 5.41) is 0. The Bertz CT molecular complexity index is 231. The van der Waals surface area contributed by atoms with Gasteiger partial charge in [-0.15, -0.1) is 0 Å². The highest BCUT2D eigenvalue weighted by Crippen LogP contribution is 2.20. The van der Waals surface area contributed by atoms with E-state index in [-0.39, 0.29) is 16.7 Å². The first-order chi connectivity index (χ1) is 6.07. The van der Waals surface area contributed by atoms with Crippen LogP contribution in [-0.2, 0) is 14.3 Å². The van der Waals surface area contributed by atoms with Crippen molar-refractivity contribution in [3.05, 3.63) is 0 Å². The van der Waals surface area contributed by atoms with Crippen LogP contribution in [0.25, 0.3) is 0 Å². The van der Waals surface area contributed by atoms with Crippen LogP contribution in [0.15, 0.2) is 0 Å². The van der Waals surface area contributed by atoms with Crippen molar-refractivity contribution in [2.45, 2.75) is 24.2 Å². The lowest BCUT2D eigenvalue weighted by atomic mass is 10.3. The van der Waals surface area contributed by atoms with Gasteiger partial charge in [0, 0.05) is 6.54 Å². The minimum atomic E-state index is -0.472. The molecule has 4 nitrogen and oxygen atoms in total. The lowest BCUT2D eigenvalue weighted by molar-refractivity contribution is -0.150. The summed E-state index contributed by atoms with van der Waals surface area (Å²) < 4.78 is 4.56. The van der Waals surface area contributed by atoms with Crippen LogP contribution in [0.1, 0.15) is 13.3 Å². The highest BCUT2D eigenvalue weighted by molar-refractivity contribution is 9.10. The summed E-state index contributed by atoms with van der Waals surface area (Å²) in [6.45, 7) is 2.29. The molecule has 0 aromatic rings. The van der Waals surface area contributed by atoms with Gasteiger partial charge in [-0.2, -0.15) is 0 Å². The van der Waals surface area contributed by atoms with Gasteiger partial charge < -0.3 is 9.64 Å². The van der Waals surface area contributed by atoms with Crippen LogP contribution in [0.5, 0.6) is 0 Å². The average Bonchev–Trinajstić information content (AvgIpc) is 2.45. The molecule has 1 saturated heterocycles. The Hall–Kier alpha value is -0.580. The van der Waals surface area contributed by atoms with Gasteiger partial charge in [-0.3, -0.25) is 4.79 Å². The summed E-state index contributed by atoms with van der Waals surface area (Å²) in [5.41, 5.74) is 0. The van der Waals surface area contributed by atoms with Crippen molar-refractivity contribution in [2.24, 2.45) is 0 Å². The topological polar surface area (TPSA) is 46.6 Å². The second kappa shape index (κ2) is 4.09. The maximum atomic E-state index is 11.4. The van der Waals surface area contributed by atoms with E-state index >= 15 is 0 Å². The summed E-state index contributed by atoms with van der Waals surface area (Å²) in [6, 6.07) is -0.472. The van der Waals surface area contributed by atoms with Crippen LogP contribution in [0.4, 0.5) is 0 Å². The van der Waals surface area contributed by atoms with Gasteiger partial charge in [0.15, 0.2) is 0 Å². The molecule has 0 aromatic heterocycles. The Balaban J connectivity index is 2.63. The molecular weight excluding hydrogens is 238 g/mol. The maximum Gasteiger partial charge on any atom is 0.328 e. The zero-order valence-electron chi connectivity index (χ0n) is 7.62. The van der Waals surface area contributed by atoms with E-state index in [1.165, 1.54) is 12.0 Å². The number of carbonyl (C=O) groups excluding carboxylic acids is 2. The number of hydrogen-bond donors (Lipinski definition) is 0. The van der Waals surface area contributed by atoms with Gasteiger partial charge in [0.05, 0.1) is 11.9 Å². The molecule has 1 aliphatic heterocycles. The van der Waals surface area contributed by atoms with E-state index in [1.807, 2.05) is 0 Å². The number of carbonyl (C=O) groups is 2. The number of rotatable bonds is 2. The van der Waals surface area contributed by atoms with Gasteiger partial charge in [-0.05, 0) is 13.3 Å². The SMILES string of the molecule is COC(=O)C(C)N1CCC(Br)C1=O. The number of amides is 1. The number of nitrogens with zero attached hydrogens (tertiary/aromatic N) is 1. The van der Waals surface area contributed by atoms with Gasteiger partial charge in [-0.25, -0.2) is 4.79 Å². The number of likely N-dealkylation sites (tertiary alicyclic amines) is 1. The number of alkyl halides is 1. The average molecular weight is 250 g/mol. The molecule has 0 aliphatic carbocycles. The van der Waals surface area contributed by atoms with E-state index in [2.05, 4.69) is 20.7 Å². The fourth-order valence-electron chi connectivity index (χ4n) is 1.35. The highest BCUT2D eigenvalue weighted by atomic mass is 79.9. The minimum Gasteiger partial charge on any atom is -0.467 e.